The van der Waals surface area contributed by atoms with Gasteiger partial charge in [-0.25, -0.2) is 9.97 Å². The molecule has 6 heteroatoms. The highest BCUT2D eigenvalue weighted by molar-refractivity contribution is 5.43. The molecule has 14 heavy (non-hydrogen) atoms. The van der Waals surface area contributed by atoms with Gasteiger partial charge < -0.3 is 10.5 Å². The summed E-state index contributed by atoms with van der Waals surface area (Å²) in [6, 6.07) is 0. The van der Waals surface area contributed by atoms with Gasteiger partial charge in [-0.3, -0.25) is 0 Å². The number of halogens is 2. The van der Waals surface area contributed by atoms with Crippen LogP contribution in [-0.4, -0.2) is 16.6 Å². The Morgan fingerprint density at radius 1 is 1.43 bits per heavy atom. The Hall–Kier alpha value is -1.46. The van der Waals surface area contributed by atoms with Gasteiger partial charge in [-0.05, 0) is 0 Å². The zero-order valence-electron chi connectivity index (χ0n) is 7.87. The van der Waals surface area contributed by atoms with Gasteiger partial charge in [0.1, 0.15) is 5.82 Å². The van der Waals surface area contributed by atoms with E-state index in [2.05, 4.69) is 14.7 Å². The molecule has 0 aliphatic heterocycles. The van der Waals surface area contributed by atoms with E-state index in [9.17, 15) is 8.78 Å². The van der Waals surface area contributed by atoms with E-state index < -0.39 is 6.61 Å². The van der Waals surface area contributed by atoms with Crippen LogP contribution in [0.25, 0.3) is 0 Å². The number of nitrogens with two attached hydrogens (primary N) is 1. The molecule has 0 unspecified atom stereocenters. The maximum Gasteiger partial charge on any atom is 0.387 e. The van der Waals surface area contributed by atoms with E-state index in [4.69, 9.17) is 5.73 Å². The first-order valence-electron chi connectivity index (χ1n) is 4.08. The maximum atomic E-state index is 11.8. The van der Waals surface area contributed by atoms with E-state index in [1.54, 1.807) is 0 Å². The number of nitrogens with zero attached hydrogens (tertiary/aromatic N) is 2. The van der Waals surface area contributed by atoms with Crippen molar-refractivity contribution in [2.75, 3.05) is 5.73 Å². The van der Waals surface area contributed by atoms with Crippen molar-refractivity contribution in [3.8, 4) is 5.75 Å². The van der Waals surface area contributed by atoms with Gasteiger partial charge in [0.25, 0.3) is 0 Å². The molecule has 0 aliphatic carbocycles. The second kappa shape index (κ2) is 4.17. The van der Waals surface area contributed by atoms with E-state index in [1.165, 1.54) is 0 Å². The van der Waals surface area contributed by atoms with Crippen molar-refractivity contribution in [1.29, 1.82) is 0 Å². The fourth-order valence-corrected chi connectivity index (χ4v) is 0.863. The maximum absolute atomic E-state index is 11.8. The van der Waals surface area contributed by atoms with Crippen LogP contribution >= 0.6 is 0 Å². The molecule has 0 bridgehead atoms. The molecule has 0 atom stereocenters. The molecule has 2 N–H and O–H groups in total. The first kappa shape index (κ1) is 10.6. The van der Waals surface area contributed by atoms with Crippen molar-refractivity contribution in [3.63, 3.8) is 0 Å². The predicted molar refractivity (Wildman–Crippen MR) is 47.2 cm³/mol. The lowest BCUT2D eigenvalue weighted by molar-refractivity contribution is -0.0497. The summed E-state index contributed by atoms with van der Waals surface area (Å²) in [5, 5.41) is 0. The molecule has 4 nitrogen and oxygen atoms in total. The van der Waals surface area contributed by atoms with Crippen molar-refractivity contribution in [2.24, 2.45) is 0 Å². The fraction of sp³-hybridized carbons (Fsp3) is 0.500. The number of hydrogen-bond acceptors (Lipinski definition) is 4. The van der Waals surface area contributed by atoms with Crippen molar-refractivity contribution < 1.29 is 13.5 Å². The summed E-state index contributed by atoms with van der Waals surface area (Å²) < 4.78 is 27.7. The highest BCUT2D eigenvalue weighted by atomic mass is 19.3. The highest BCUT2D eigenvalue weighted by Gasteiger charge is 2.11. The van der Waals surface area contributed by atoms with Crippen LogP contribution in [0.5, 0.6) is 5.75 Å². The highest BCUT2D eigenvalue weighted by Crippen LogP contribution is 2.21. The van der Waals surface area contributed by atoms with E-state index in [0.717, 1.165) is 6.20 Å². The second-order valence-corrected chi connectivity index (χ2v) is 3.01. The van der Waals surface area contributed by atoms with Gasteiger partial charge in [0.2, 0.25) is 0 Å². The van der Waals surface area contributed by atoms with Gasteiger partial charge in [-0.1, -0.05) is 13.8 Å². The zero-order valence-corrected chi connectivity index (χ0v) is 7.87. The third kappa shape index (κ3) is 2.51. The normalized spacial score (nSPS) is 11.0. The standard InChI is InChI=1S/C8H11F2N3O/c1-4(2)7-12-3-5(6(11)13-7)14-8(9)10/h3-4,8H,1-2H3,(H2,11,12,13). The molecule has 0 fully saturated rings. The lowest BCUT2D eigenvalue weighted by Gasteiger charge is -2.08. The van der Waals surface area contributed by atoms with Gasteiger partial charge >= 0.3 is 6.61 Å². The monoisotopic (exact) mass is 203 g/mol. The molecule has 0 amide bonds. The molecular weight excluding hydrogens is 192 g/mol. The van der Waals surface area contributed by atoms with Crippen LogP contribution in [0.15, 0.2) is 6.20 Å². The average Bonchev–Trinajstić information content (AvgIpc) is 2.07. The Morgan fingerprint density at radius 2 is 2.07 bits per heavy atom. The van der Waals surface area contributed by atoms with Crippen molar-refractivity contribution in [2.45, 2.75) is 26.4 Å². The molecule has 0 aromatic carbocycles. The lowest BCUT2D eigenvalue weighted by Crippen LogP contribution is -2.08. The Kier molecular flexibility index (Phi) is 3.16. The Labute approximate surface area is 80.1 Å². The number of hydrogen-bond donors (Lipinski definition) is 1. The summed E-state index contributed by atoms with van der Waals surface area (Å²) in [5.74, 6) is 0.343. The third-order valence-electron chi connectivity index (χ3n) is 1.53. The van der Waals surface area contributed by atoms with Crippen molar-refractivity contribution in [1.82, 2.24) is 9.97 Å². The number of aromatic nitrogens is 2. The lowest BCUT2D eigenvalue weighted by atomic mass is 10.2. The molecule has 0 aliphatic rings. The SMILES string of the molecule is CC(C)c1ncc(OC(F)F)c(N)n1. The van der Waals surface area contributed by atoms with Gasteiger partial charge in [0, 0.05) is 5.92 Å². The molecule has 78 valence electrons. The third-order valence-corrected chi connectivity index (χ3v) is 1.53. The smallest absolute Gasteiger partial charge is 0.387 e. The summed E-state index contributed by atoms with van der Waals surface area (Å²) >= 11 is 0. The summed E-state index contributed by atoms with van der Waals surface area (Å²) in [5.41, 5.74) is 5.40. The molecule has 1 rings (SSSR count). The number of nitrogen functional groups attached to an aromatic ring is 1. The molecule has 1 aromatic rings. The molecule has 1 aromatic heterocycles. The average molecular weight is 203 g/mol. The van der Waals surface area contributed by atoms with Crippen molar-refractivity contribution in [3.05, 3.63) is 12.0 Å². The van der Waals surface area contributed by atoms with E-state index >= 15 is 0 Å². The Balaban J connectivity index is 2.90. The van der Waals surface area contributed by atoms with Crippen LogP contribution in [0.1, 0.15) is 25.6 Å². The summed E-state index contributed by atoms with van der Waals surface area (Å²) in [7, 11) is 0. The Morgan fingerprint density at radius 3 is 2.50 bits per heavy atom. The number of alkyl halides is 2. The minimum Gasteiger partial charge on any atom is -0.429 e. The van der Waals surface area contributed by atoms with Gasteiger partial charge in [0.15, 0.2) is 11.6 Å². The summed E-state index contributed by atoms with van der Waals surface area (Å²) in [4.78, 5) is 7.68. The molecular formula is C8H11F2N3O. The van der Waals surface area contributed by atoms with Gasteiger partial charge in [-0.15, -0.1) is 0 Å². The fourth-order valence-electron chi connectivity index (χ4n) is 0.863. The van der Waals surface area contributed by atoms with Crippen LogP contribution in [0.4, 0.5) is 14.6 Å². The van der Waals surface area contributed by atoms with E-state index in [0.29, 0.717) is 5.82 Å². The van der Waals surface area contributed by atoms with Crippen LogP contribution in [0.3, 0.4) is 0 Å². The topological polar surface area (TPSA) is 61.0 Å². The molecule has 0 saturated heterocycles. The van der Waals surface area contributed by atoms with Crippen molar-refractivity contribution >= 4 is 5.82 Å². The zero-order chi connectivity index (χ0) is 10.7. The molecule has 0 radical (unpaired) electrons. The minimum atomic E-state index is -2.91. The minimum absolute atomic E-state index is 0.0657. The number of anilines is 1. The largest absolute Gasteiger partial charge is 0.429 e. The van der Waals surface area contributed by atoms with Gasteiger partial charge in [-0.2, -0.15) is 8.78 Å². The summed E-state index contributed by atoms with van der Waals surface area (Å²) in [6.07, 6.45) is 1.16. The van der Waals surface area contributed by atoms with Crippen LogP contribution < -0.4 is 10.5 Å². The summed E-state index contributed by atoms with van der Waals surface area (Å²) in [6.45, 7) is 0.843. The van der Waals surface area contributed by atoms with E-state index in [-0.39, 0.29) is 17.5 Å². The van der Waals surface area contributed by atoms with Gasteiger partial charge in [0.05, 0.1) is 6.20 Å². The number of rotatable bonds is 3. The first-order chi connectivity index (χ1) is 6.50. The van der Waals surface area contributed by atoms with Crippen LogP contribution in [0, 0.1) is 0 Å². The Bertz CT molecular complexity index is 317. The van der Waals surface area contributed by atoms with Crippen LogP contribution in [-0.2, 0) is 0 Å². The molecule has 0 saturated carbocycles. The van der Waals surface area contributed by atoms with E-state index in [1.807, 2.05) is 13.8 Å². The quantitative estimate of drug-likeness (QED) is 0.813. The predicted octanol–water partition coefficient (Wildman–Crippen LogP) is 1.78. The molecule has 0 spiro atoms. The van der Waals surface area contributed by atoms with Crippen LogP contribution in [0.2, 0.25) is 0 Å². The second-order valence-electron chi connectivity index (χ2n) is 3.01. The number of ether oxygens (including phenoxy) is 1. The molecule has 1 heterocycles. The first-order valence-corrected chi connectivity index (χ1v) is 4.08.